The summed E-state index contributed by atoms with van der Waals surface area (Å²) in [6.45, 7) is 1.66. The van der Waals surface area contributed by atoms with Crippen molar-refractivity contribution in [1.82, 2.24) is 0 Å². The molecule has 2 amide bonds. The van der Waals surface area contributed by atoms with Crippen molar-refractivity contribution >= 4 is 34.7 Å². The Labute approximate surface area is 113 Å². The lowest BCUT2D eigenvalue weighted by Crippen LogP contribution is -2.20. The van der Waals surface area contributed by atoms with Crippen LogP contribution in [0.25, 0.3) is 0 Å². The van der Waals surface area contributed by atoms with Gasteiger partial charge in [-0.25, -0.2) is 9.59 Å². The molecule has 5 nitrogen and oxygen atoms in total. The molecule has 0 radical (unpaired) electrons. The van der Waals surface area contributed by atoms with Crippen molar-refractivity contribution in [2.24, 2.45) is 0 Å². The van der Waals surface area contributed by atoms with Crippen molar-refractivity contribution in [2.75, 3.05) is 10.6 Å². The van der Waals surface area contributed by atoms with Gasteiger partial charge in [0, 0.05) is 11.1 Å². The molecule has 1 aromatic heterocycles. The van der Waals surface area contributed by atoms with E-state index in [1.807, 2.05) is 5.38 Å². The summed E-state index contributed by atoms with van der Waals surface area (Å²) >= 11 is 1.48. The van der Waals surface area contributed by atoms with Crippen LogP contribution in [0, 0.1) is 6.92 Å². The van der Waals surface area contributed by atoms with E-state index in [0.717, 1.165) is 0 Å². The molecule has 1 aromatic carbocycles. The van der Waals surface area contributed by atoms with Crippen molar-refractivity contribution in [1.29, 1.82) is 0 Å². The molecule has 0 spiro atoms. The summed E-state index contributed by atoms with van der Waals surface area (Å²) in [7, 11) is 0. The molecule has 0 saturated heterocycles. The molecule has 0 atom stereocenters. The highest BCUT2D eigenvalue weighted by Gasteiger charge is 2.11. The summed E-state index contributed by atoms with van der Waals surface area (Å²) in [4.78, 5) is 22.7. The van der Waals surface area contributed by atoms with Gasteiger partial charge in [0.15, 0.2) is 0 Å². The molecule has 0 aliphatic heterocycles. The van der Waals surface area contributed by atoms with Crippen LogP contribution in [0.2, 0.25) is 0 Å². The zero-order chi connectivity index (χ0) is 13.8. The Hall–Kier alpha value is -2.34. The lowest BCUT2D eigenvalue weighted by atomic mass is 10.1. The average molecular weight is 276 g/mol. The number of amides is 2. The number of nitrogens with one attached hydrogen (secondary N) is 2. The standard InChI is InChI=1S/C13H12N2O3S/c1-8-10(12(16)17)3-2-4-11(8)15-13(18)14-9-5-6-19-7-9/h2-7H,1H3,(H,16,17)(H2,14,15,18). The predicted octanol–water partition coefficient (Wildman–Crippen LogP) is 3.40. The molecule has 0 aliphatic rings. The van der Waals surface area contributed by atoms with Gasteiger partial charge in [-0.1, -0.05) is 6.07 Å². The first-order valence-corrected chi connectivity index (χ1v) is 6.45. The number of carbonyl (C=O) groups is 2. The quantitative estimate of drug-likeness (QED) is 0.804. The van der Waals surface area contributed by atoms with Gasteiger partial charge in [0.25, 0.3) is 0 Å². The largest absolute Gasteiger partial charge is 0.478 e. The molecule has 2 aromatic rings. The maximum Gasteiger partial charge on any atom is 0.336 e. The minimum absolute atomic E-state index is 0.174. The van der Waals surface area contributed by atoms with Crippen LogP contribution < -0.4 is 10.6 Å². The van der Waals surface area contributed by atoms with E-state index < -0.39 is 12.0 Å². The number of carboxylic acid groups (broad SMARTS) is 1. The predicted molar refractivity (Wildman–Crippen MR) is 75.1 cm³/mol. The Balaban J connectivity index is 2.13. The monoisotopic (exact) mass is 276 g/mol. The lowest BCUT2D eigenvalue weighted by Gasteiger charge is -2.10. The summed E-state index contributed by atoms with van der Waals surface area (Å²) < 4.78 is 0. The van der Waals surface area contributed by atoms with E-state index in [1.54, 1.807) is 30.5 Å². The number of aromatic carboxylic acids is 1. The first-order valence-electron chi connectivity index (χ1n) is 5.51. The van der Waals surface area contributed by atoms with Gasteiger partial charge in [-0.3, -0.25) is 0 Å². The average Bonchev–Trinajstić information content (AvgIpc) is 2.84. The van der Waals surface area contributed by atoms with E-state index in [1.165, 1.54) is 17.4 Å². The van der Waals surface area contributed by atoms with E-state index >= 15 is 0 Å². The molecule has 98 valence electrons. The summed E-state index contributed by atoms with van der Waals surface area (Å²) in [5.41, 5.74) is 1.88. The summed E-state index contributed by atoms with van der Waals surface area (Å²) in [5.74, 6) is -1.01. The second-order valence-corrected chi connectivity index (χ2v) is 4.65. The van der Waals surface area contributed by atoms with E-state index in [2.05, 4.69) is 10.6 Å². The van der Waals surface area contributed by atoms with E-state index in [9.17, 15) is 9.59 Å². The molecule has 0 aliphatic carbocycles. The van der Waals surface area contributed by atoms with Gasteiger partial charge < -0.3 is 15.7 Å². The van der Waals surface area contributed by atoms with Gasteiger partial charge in [-0.05, 0) is 36.1 Å². The van der Waals surface area contributed by atoms with Crippen molar-refractivity contribution in [3.63, 3.8) is 0 Å². The Kier molecular flexibility index (Phi) is 3.82. The highest BCUT2D eigenvalue weighted by atomic mass is 32.1. The molecule has 3 N–H and O–H groups in total. The van der Waals surface area contributed by atoms with Crippen LogP contribution in [0.3, 0.4) is 0 Å². The topological polar surface area (TPSA) is 78.4 Å². The zero-order valence-electron chi connectivity index (χ0n) is 10.1. The van der Waals surface area contributed by atoms with Crippen LogP contribution in [-0.2, 0) is 0 Å². The van der Waals surface area contributed by atoms with Crippen LogP contribution in [-0.4, -0.2) is 17.1 Å². The molecule has 1 heterocycles. The molecule has 0 saturated carbocycles. The molecule has 0 fully saturated rings. The molecule has 0 bridgehead atoms. The lowest BCUT2D eigenvalue weighted by molar-refractivity contribution is 0.0696. The molecule has 2 rings (SSSR count). The highest BCUT2D eigenvalue weighted by Crippen LogP contribution is 2.19. The van der Waals surface area contributed by atoms with Crippen LogP contribution in [0.15, 0.2) is 35.0 Å². The SMILES string of the molecule is Cc1c(NC(=O)Nc2ccsc2)cccc1C(=O)O. The maximum atomic E-state index is 11.7. The number of anilines is 2. The number of carbonyl (C=O) groups excluding carboxylic acids is 1. The van der Waals surface area contributed by atoms with Gasteiger partial charge in [0.05, 0.1) is 11.3 Å². The fourth-order valence-corrected chi connectivity index (χ4v) is 2.21. The maximum absolute atomic E-state index is 11.7. The number of rotatable bonds is 3. The second-order valence-electron chi connectivity index (χ2n) is 3.87. The van der Waals surface area contributed by atoms with Crippen LogP contribution in [0.5, 0.6) is 0 Å². The van der Waals surface area contributed by atoms with Crippen molar-refractivity contribution in [3.8, 4) is 0 Å². The number of hydrogen-bond donors (Lipinski definition) is 3. The fourth-order valence-electron chi connectivity index (χ4n) is 1.62. The summed E-state index contributed by atoms with van der Waals surface area (Å²) in [6.07, 6.45) is 0. The number of thiophene rings is 1. The smallest absolute Gasteiger partial charge is 0.336 e. The Morgan fingerprint density at radius 2 is 2.00 bits per heavy atom. The minimum atomic E-state index is -1.01. The summed E-state index contributed by atoms with van der Waals surface area (Å²) in [5, 5.41) is 18.0. The van der Waals surface area contributed by atoms with Gasteiger partial charge in [-0.15, -0.1) is 0 Å². The normalized spacial score (nSPS) is 9.95. The van der Waals surface area contributed by atoms with Crippen molar-refractivity contribution in [3.05, 3.63) is 46.2 Å². The van der Waals surface area contributed by atoms with Crippen molar-refractivity contribution in [2.45, 2.75) is 6.92 Å². The first kappa shape index (κ1) is 13.1. The van der Waals surface area contributed by atoms with Crippen LogP contribution in [0.1, 0.15) is 15.9 Å². The molecular formula is C13H12N2O3S. The van der Waals surface area contributed by atoms with E-state index in [-0.39, 0.29) is 5.56 Å². The molecule has 19 heavy (non-hydrogen) atoms. The zero-order valence-corrected chi connectivity index (χ0v) is 11.0. The third-order valence-electron chi connectivity index (χ3n) is 2.59. The van der Waals surface area contributed by atoms with Gasteiger partial charge >= 0.3 is 12.0 Å². The Morgan fingerprint density at radius 1 is 1.21 bits per heavy atom. The number of benzene rings is 1. The van der Waals surface area contributed by atoms with Gasteiger partial charge in [-0.2, -0.15) is 11.3 Å². The van der Waals surface area contributed by atoms with E-state index in [4.69, 9.17) is 5.11 Å². The van der Waals surface area contributed by atoms with Gasteiger partial charge in [0.2, 0.25) is 0 Å². The molecule has 0 unspecified atom stereocenters. The minimum Gasteiger partial charge on any atom is -0.478 e. The third-order valence-corrected chi connectivity index (χ3v) is 3.27. The van der Waals surface area contributed by atoms with Crippen LogP contribution >= 0.6 is 11.3 Å². The second kappa shape index (κ2) is 5.53. The Bertz CT molecular complexity index is 608. The third kappa shape index (κ3) is 3.11. The Morgan fingerprint density at radius 3 is 2.63 bits per heavy atom. The fraction of sp³-hybridized carbons (Fsp3) is 0.0769. The van der Waals surface area contributed by atoms with Crippen molar-refractivity contribution < 1.29 is 14.7 Å². The molecule has 6 heteroatoms. The first-order chi connectivity index (χ1) is 9.08. The van der Waals surface area contributed by atoms with Gasteiger partial charge in [0.1, 0.15) is 0 Å². The van der Waals surface area contributed by atoms with E-state index in [0.29, 0.717) is 16.9 Å². The number of hydrogen-bond acceptors (Lipinski definition) is 3. The number of carboxylic acids is 1. The van der Waals surface area contributed by atoms with Crippen LogP contribution in [0.4, 0.5) is 16.2 Å². The summed E-state index contributed by atoms with van der Waals surface area (Å²) in [6, 6.07) is 6.14. The molecular weight excluding hydrogens is 264 g/mol. The number of urea groups is 1. The highest BCUT2D eigenvalue weighted by molar-refractivity contribution is 7.08.